The molecule has 3 aromatic rings. The molecule has 144 valence electrons. The maximum absolute atomic E-state index is 12.2. The van der Waals surface area contributed by atoms with Crippen molar-refractivity contribution in [2.24, 2.45) is 0 Å². The van der Waals surface area contributed by atoms with Crippen LogP contribution in [0.4, 0.5) is 5.69 Å². The molecule has 0 atom stereocenters. The van der Waals surface area contributed by atoms with Crippen molar-refractivity contribution in [3.8, 4) is 0 Å². The molecule has 0 aliphatic rings. The van der Waals surface area contributed by atoms with Crippen molar-refractivity contribution in [2.45, 2.75) is 22.3 Å². The molecule has 5 nitrogen and oxygen atoms in total. The highest BCUT2D eigenvalue weighted by atomic mass is 35.5. The molecule has 0 unspecified atom stereocenters. The summed E-state index contributed by atoms with van der Waals surface area (Å²) in [7, 11) is 0. The lowest BCUT2D eigenvalue weighted by Crippen LogP contribution is -2.14. The second kappa shape index (κ2) is 10.4. The van der Waals surface area contributed by atoms with Crippen LogP contribution in [0.15, 0.2) is 77.3 Å². The predicted octanol–water partition coefficient (Wildman–Crippen LogP) is 5.14. The maximum atomic E-state index is 12.2. The summed E-state index contributed by atoms with van der Waals surface area (Å²) in [5.41, 5.74) is 0.711. The number of anilines is 1. The van der Waals surface area contributed by atoms with E-state index in [1.807, 2.05) is 22.8 Å². The number of benzene rings is 2. The Hall–Kier alpha value is -2.22. The Morgan fingerprint density at radius 2 is 1.86 bits per heavy atom. The first kappa shape index (κ1) is 20.5. The van der Waals surface area contributed by atoms with E-state index in [0.29, 0.717) is 28.2 Å². The first-order valence-electron chi connectivity index (χ1n) is 8.55. The SMILES string of the molecule is C=CCn1c(CSc2ccccc2)nnc1SCC(=O)Nc1ccc(Cl)cc1. The number of hydrogen-bond acceptors (Lipinski definition) is 5. The molecule has 2 aromatic carbocycles. The van der Waals surface area contributed by atoms with Crippen LogP contribution in [0.1, 0.15) is 5.82 Å². The highest BCUT2D eigenvalue weighted by Crippen LogP contribution is 2.24. The van der Waals surface area contributed by atoms with E-state index in [2.05, 4.69) is 34.2 Å². The van der Waals surface area contributed by atoms with Gasteiger partial charge < -0.3 is 9.88 Å². The summed E-state index contributed by atoms with van der Waals surface area (Å²) in [6.07, 6.45) is 1.80. The van der Waals surface area contributed by atoms with E-state index >= 15 is 0 Å². The highest BCUT2D eigenvalue weighted by Gasteiger charge is 2.14. The lowest BCUT2D eigenvalue weighted by Gasteiger charge is -2.08. The second-order valence-corrected chi connectivity index (χ2v) is 8.17. The fourth-order valence-corrected chi connectivity index (χ4v) is 4.12. The van der Waals surface area contributed by atoms with Crippen molar-refractivity contribution in [2.75, 3.05) is 11.1 Å². The summed E-state index contributed by atoms with van der Waals surface area (Å²) >= 11 is 8.91. The van der Waals surface area contributed by atoms with Gasteiger partial charge in [-0.15, -0.1) is 28.5 Å². The Morgan fingerprint density at radius 1 is 1.11 bits per heavy atom. The fraction of sp³-hybridized carbons (Fsp3) is 0.150. The largest absolute Gasteiger partial charge is 0.325 e. The predicted molar refractivity (Wildman–Crippen MR) is 117 cm³/mol. The van der Waals surface area contributed by atoms with Gasteiger partial charge in [0.2, 0.25) is 5.91 Å². The summed E-state index contributed by atoms with van der Waals surface area (Å²) in [4.78, 5) is 13.4. The topological polar surface area (TPSA) is 59.8 Å². The molecule has 0 aliphatic carbocycles. The van der Waals surface area contributed by atoms with Crippen molar-refractivity contribution in [1.82, 2.24) is 14.8 Å². The number of hydrogen-bond donors (Lipinski definition) is 1. The standard InChI is InChI=1S/C20H19ClN4OS2/c1-2-12-25-18(13-27-17-6-4-3-5-7-17)23-24-20(25)28-14-19(26)22-16-10-8-15(21)9-11-16/h2-11H,1,12-14H2,(H,22,26). The van der Waals surface area contributed by atoms with Gasteiger partial charge in [-0.1, -0.05) is 47.6 Å². The lowest BCUT2D eigenvalue weighted by molar-refractivity contribution is -0.113. The van der Waals surface area contributed by atoms with E-state index in [-0.39, 0.29) is 11.7 Å². The lowest BCUT2D eigenvalue weighted by atomic mass is 10.3. The number of thioether (sulfide) groups is 2. The van der Waals surface area contributed by atoms with Crippen LogP contribution >= 0.6 is 35.1 Å². The van der Waals surface area contributed by atoms with Crippen molar-refractivity contribution < 1.29 is 4.79 Å². The van der Waals surface area contributed by atoms with E-state index in [1.165, 1.54) is 16.7 Å². The third-order valence-corrected chi connectivity index (χ3v) is 5.90. The minimum atomic E-state index is -0.110. The Kier molecular flexibility index (Phi) is 7.59. The molecule has 1 amide bonds. The molecular weight excluding hydrogens is 412 g/mol. The summed E-state index contributed by atoms with van der Waals surface area (Å²) in [6.45, 7) is 4.41. The first-order valence-corrected chi connectivity index (χ1v) is 10.9. The molecule has 1 N–H and O–H groups in total. The van der Waals surface area contributed by atoms with Crippen molar-refractivity contribution >= 4 is 46.7 Å². The summed E-state index contributed by atoms with van der Waals surface area (Å²) in [6, 6.07) is 17.2. The summed E-state index contributed by atoms with van der Waals surface area (Å²) in [5.74, 6) is 1.68. The summed E-state index contributed by atoms with van der Waals surface area (Å²) in [5, 5.41) is 12.7. The van der Waals surface area contributed by atoms with E-state index in [4.69, 9.17) is 11.6 Å². The van der Waals surface area contributed by atoms with Crippen LogP contribution in [0.5, 0.6) is 0 Å². The van der Waals surface area contributed by atoms with E-state index in [0.717, 1.165) is 5.82 Å². The van der Waals surface area contributed by atoms with Gasteiger partial charge in [-0.3, -0.25) is 4.79 Å². The van der Waals surface area contributed by atoms with Crippen LogP contribution in [0.25, 0.3) is 0 Å². The second-order valence-electron chi connectivity index (χ2n) is 5.74. The van der Waals surface area contributed by atoms with E-state index in [9.17, 15) is 4.79 Å². The number of amides is 1. The fourth-order valence-electron chi connectivity index (χ4n) is 2.37. The van der Waals surface area contributed by atoms with Gasteiger partial charge in [0.05, 0.1) is 11.5 Å². The van der Waals surface area contributed by atoms with Crippen LogP contribution in [0.3, 0.4) is 0 Å². The third kappa shape index (κ3) is 5.89. The molecule has 0 spiro atoms. The Bertz CT molecular complexity index is 929. The molecule has 28 heavy (non-hydrogen) atoms. The van der Waals surface area contributed by atoms with Gasteiger partial charge in [0.1, 0.15) is 5.82 Å². The zero-order valence-electron chi connectivity index (χ0n) is 15.0. The average Bonchev–Trinajstić information content (AvgIpc) is 3.09. The highest BCUT2D eigenvalue weighted by molar-refractivity contribution is 7.99. The van der Waals surface area contributed by atoms with Crippen LogP contribution in [-0.2, 0) is 17.1 Å². The number of rotatable bonds is 9. The van der Waals surface area contributed by atoms with Gasteiger partial charge in [-0.2, -0.15) is 0 Å². The smallest absolute Gasteiger partial charge is 0.234 e. The third-order valence-electron chi connectivity index (χ3n) is 3.68. The molecular formula is C20H19ClN4OS2. The van der Waals surface area contributed by atoms with Gasteiger partial charge in [0.15, 0.2) is 5.16 Å². The molecule has 0 saturated heterocycles. The monoisotopic (exact) mass is 430 g/mol. The number of allylic oxidation sites excluding steroid dienone is 1. The molecule has 3 rings (SSSR count). The first-order chi connectivity index (χ1) is 13.7. The molecule has 0 fully saturated rings. The summed E-state index contributed by atoms with van der Waals surface area (Å²) < 4.78 is 1.99. The van der Waals surface area contributed by atoms with Crippen LogP contribution in [0.2, 0.25) is 5.02 Å². The van der Waals surface area contributed by atoms with Crippen molar-refractivity contribution in [3.05, 3.63) is 78.1 Å². The van der Waals surface area contributed by atoms with Crippen molar-refractivity contribution in [1.29, 1.82) is 0 Å². The minimum absolute atomic E-state index is 0.110. The molecule has 0 saturated carbocycles. The molecule has 1 heterocycles. The number of carbonyl (C=O) groups excluding carboxylic acids is 1. The molecule has 0 aliphatic heterocycles. The van der Waals surface area contributed by atoms with Gasteiger partial charge in [-0.05, 0) is 36.4 Å². The number of aromatic nitrogens is 3. The number of nitrogens with zero attached hydrogens (tertiary/aromatic N) is 3. The zero-order valence-corrected chi connectivity index (χ0v) is 17.4. The molecule has 0 radical (unpaired) electrons. The van der Waals surface area contributed by atoms with E-state index < -0.39 is 0 Å². The molecule has 8 heteroatoms. The van der Waals surface area contributed by atoms with Crippen molar-refractivity contribution in [3.63, 3.8) is 0 Å². The van der Waals surface area contributed by atoms with Crippen LogP contribution in [-0.4, -0.2) is 26.4 Å². The quantitative estimate of drug-likeness (QED) is 0.376. The van der Waals surface area contributed by atoms with Crippen LogP contribution < -0.4 is 5.32 Å². The Labute approximate surface area is 177 Å². The Balaban J connectivity index is 1.59. The van der Waals surface area contributed by atoms with Gasteiger partial charge in [0, 0.05) is 22.2 Å². The maximum Gasteiger partial charge on any atom is 0.234 e. The minimum Gasteiger partial charge on any atom is -0.325 e. The Morgan fingerprint density at radius 3 is 2.57 bits per heavy atom. The van der Waals surface area contributed by atoms with Gasteiger partial charge in [0.25, 0.3) is 0 Å². The normalized spacial score (nSPS) is 10.6. The zero-order chi connectivity index (χ0) is 19.8. The van der Waals surface area contributed by atoms with Crippen LogP contribution in [0, 0.1) is 0 Å². The van der Waals surface area contributed by atoms with Gasteiger partial charge in [-0.25, -0.2) is 0 Å². The average molecular weight is 431 g/mol. The number of nitrogens with one attached hydrogen (secondary N) is 1. The molecule has 0 bridgehead atoms. The molecule has 1 aromatic heterocycles. The number of carbonyl (C=O) groups is 1. The van der Waals surface area contributed by atoms with Gasteiger partial charge >= 0.3 is 0 Å². The number of halogens is 1. The van der Waals surface area contributed by atoms with E-state index in [1.54, 1.807) is 42.1 Å².